The average Bonchev–Trinajstić information content (AvgIpc) is 3.39. The van der Waals surface area contributed by atoms with E-state index in [1.807, 2.05) is 49.4 Å². The van der Waals surface area contributed by atoms with Gasteiger partial charge in [-0.15, -0.1) is 0 Å². The lowest BCUT2D eigenvalue weighted by molar-refractivity contribution is -0.119. The van der Waals surface area contributed by atoms with Gasteiger partial charge in [-0.1, -0.05) is 45.0 Å². The molecule has 220 valence electrons. The molecule has 0 aliphatic carbocycles. The number of urea groups is 1. The SMILES string of the molecule is COCC(=O)Nc1cc(Oc2ccc(NC(=O)Nc3cc(C(C)(C)C)nn3-c3ccc(C)nc3)c3ccccc23)ccn1. The third-order valence-corrected chi connectivity index (χ3v) is 6.49. The average molecular weight is 580 g/mol. The molecule has 5 rings (SSSR count). The highest BCUT2D eigenvalue weighted by atomic mass is 16.5. The van der Waals surface area contributed by atoms with Crippen molar-refractivity contribution in [1.29, 1.82) is 0 Å². The fourth-order valence-electron chi connectivity index (χ4n) is 4.34. The van der Waals surface area contributed by atoms with Crippen LogP contribution < -0.4 is 20.7 Å². The highest BCUT2D eigenvalue weighted by molar-refractivity contribution is 6.07. The molecule has 0 aliphatic rings. The fourth-order valence-corrected chi connectivity index (χ4v) is 4.34. The van der Waals surface area contributed by atoms with E-state index in [0.717, 1.165) is 27.8 Å². The Hall–Kier alpha value is -5.29. The lowest BCUT2D eigenvalue weighted by Crippen LogP contribution is -2.21. The van der Waals surface area contributed by atoms with Crippen LogP contribution in [0.1, 0.15) is 32.2 Å². The predicted molar refractivity (Wildman–Crippen MR) is 166 cm³/mol. The fraction of sp³-hybridized carbons (Fsp3) is 0.219. The number of fused-ring (bicyclic) bond motifs is 1. The summed E-state index contributed by atoms with van der Waals surface area (Å²) in [6, 6.07) is 19.7. The van der Waals surface area contributed by atoms with Crippen molar-refractivity contribution >= 4 is 40.0 Å². The Kier molecular flexibility index (Phi) is 8.35. The lowest BCUT2D eigenvalue weighted by atomic mass is 9.92. The number of aryl methyl sites for hydroxylation is 1. The zero-order chi connectivity index (χ0) is 30.6. The molecule has 0 saturated carbocycles. The van der Waals surface area contributed by atoms with E-state index in [2.05, 4.69) is 46.7 Å². The maximum atomic E-state index is 13.3. The molecule has 43 heavy (non-hydrogen) atoms. The molecule has 3 heterocycles. The summed E-state index contributed by atoms with van der Waals surface area (Å²) in [6.07, 6.45) is 3.27. The van der Waals surface area contributed by atoms with E-state index >= 15 is 0 Å². The summed E-state index contributed by atoms with van der Waals surface area (Å²) in [6.45, 7) is 8.03. The van der Waals surface area contributed by atoms with E-state index in [0.29, 0.717) is 28.8 Å². The summed E-state index contributed by atoms with van der Waals surface area (Å²) in [5.41, 5.74) is 2.82. The molecular weight excluding hydrogens is 546 g/mol. The highest BCUT2D eigenvalue weighted by Crippen LogP contribution is 2.35. The van der Waals surface area contributed by atoms with Crippen molar-refractivity contribution in [3.05, 3.63) is 90.5 Å². The van der Waals surface area contributed by atoms with Gasteiger partial charge in [-0.05, 0) is 37.3 Å². The minimum atomic E-state index is -0.425. The number of ether oxygens (including phenoxy) is 2. The second-order valence-corrected chi connectivity index (χ2v) is 10.9. The molecule has 0 spiro atoms. The van der Waals surface area contributed by atoms with Crippen molar-refractivity contribution in [3.63, 3.8) is 0 Å². The van der Waals surface area contributed by atoms with E-state index in [1.165, 1.54) is 7.11 Å². The Morgan fingerprint density at radius 1 is 0.907 bits per heavy atom. The number of pyridine rings is 2. The van der Waals surface area contributed by atoms with E-state index in [-0.39, 0.29) is 17.9 Å². The zero-order valence-corrected chi connectivity index (χ0v) is 24.6. The molecule has 0 radical (unpaired) electrons. The van der Waals surface area contributed by atoms with Crippen LogP contribution >= 0.6 is 0 Å². The highest BCUT2D eigenvalue weighted by Gasteiger charge is 2.22. The number of carbonyl (C=O) groups excluding carboxylic acids is 2. The predicted octanol–water partition coefficient (Wildman–Crippen LogP) is 6.44. The molecule has 0 atom stereocenters. The molecule has 0 unspecified atom stereocenters. The van der Waals surface area contributed by atoms with Gasteiger partial charge in [0, 0.05) is 47.3 Å². The first kappa shape index (κ1) is 29.2. The van der Waals surface area contributed by atoms with Crippen LogP contribution in [0, 0.1) is 6.92 Å². The first-order valence-electron chi connectivity index (χ1n) is 13.7. The molecule has 0 aliphatic heterocycles. The third kappa shape index (κ3) is 6.96. The van der Waals surface area contributed by atoms with Crippen molar-refractivity contribution in [2.75, 3.05) is 29.7 Å². The maximum absolute atomic E-state index is 13.3. The van der Waals surface area contributed by atoms with Crippen molar-refractivity contribution < 1.29 is 19.1 Å². The first-order chi connectivity index (χ1) is 20.6. The monoisotopic (exact) mass is 579 g/mol. The standard InChI is InChI=1S/C32H33N7O4/c1-20-10-11-21(18-34-20)39-29(17-27(38-39)32(2,3)4)37-31(41)35-25-12-13-26(24-9-7-6-8-23(24)25)43-22-14-15-33-28(16-22)36-30(40)19-42-5/h6-18H,19H2,1-5H3,(H,33,36,40)(H2,35,37,41). The van der Waals surface area contributed by atoms with Gasteiger partial charge in [0.1, 0.15) is 29.7 Å². The Balaban J connectivity index is 1.38. The molecule has 11 nitrogen and oxygen atoms in total. The van der Waals surface area contributed by atoms with E-state index in [4.69, 9.17) is 14.6 Å². The van der Waals surface area contributed by atoms with Crippen molar-refractivity contribution in [2.45, 2.75) is 33.1 Å². The number of anilines is 3. The van der Waals surface area contributed by atoms with Gasteiger partial charge < -0.3 is 20.1 Å². The van der Waals surface area contributed by atoms with Gasteiger partial charge in [0.25, 0.3) is 5.91 Å². The summed E-state index contributed by atoms with van der Waals surface area (Å²) in [5, 5.41) is 14.9. The summed E-state index contributed by atoms with van der Waals surface area (Å²) >= 11 is 0. The van der Waals surface area contributed by atoms with Gasteiger partial charge in [-0.2, -0.15) is 5.10 Å². The van der Waals surface area contributed by atoms with Crippen LogP contribution in [-0.2, 0) is 14.9 Å². The number of nitrogens with zero attached hydrogens (tertiary/aromatic N) is 4. The number of hydrogen-bond acceptors (Lipinski definition) is 7. The molecule has 0 fully saturated rings. The molecule has 3 aromatic heterocycles. The van der Waals surface area contributed by atoms with Gasteiger partial charge in [-0.25, -0.2) is 14.5 Å². The molecular formula is C32H33N7O4. The number of amides is 3. The lowest BCUT2D eigenvalue weighted by Gasteiger charge is -2.14. The number of hydrogen-bond donors (Lipinski definition) is 3. The molecule has 11 heteroatoms. The van der Waals surface area contributed by atoms with Crippen molar-refractivity contribution in [3.8, 4) is 17.2 Å². The number of rotatable bonds is 8. The minimum absolute atomic E-state index is 0.0807. The quantitative estimate of drug-likeness (QED) is 0.193. The Morgan fingerprint density at radius 2 is 1.70 bits per heavy atom. The van der Waals surface area contributed by atoms with Crippen molar-refractivity contribution in [1.82, 2.24) is 19.7 Å². The van der Waals surface area contributed by atoms with Crippen LogP contribution in [0.15, 0.2) is 79.1 Å². The smallest absolute Gasteiger partial charge is 0.324 e. The number of nitrogens with one attached hydrogen (secondary N) is 3. The van der Waals surface area contributed by atoms with E-state index in [9.17, 15) is 9.59 Å². The topological polar surface area (TPSA) is 132 Å². The third-order valence-electron chi connectivity index (χ3n) is 6.49. The van der Waals surface area contributed by atoms with Crippen LogP contribution in [0.25, 0.3) is 16.5 Å². The van der Waals surface area contributed by atoms with Gasteiger partial charge in [0.05, 0.1) is 23.3 Å². The van der Waals surface area contributed by atoms with Gasteiger partial charge in [-0.3, -0.25) is 15.1 Å². The number of benzene rings is 2. The maximum Gasteiger partial charge on any atom is 0.324 e. The molecule has 3 N–H and O–H groups in total. The van der Waals surface area contributed by atoms with Crippen LogP contribution in [0.4, 0.5) is 22.1 Å². The van der Waals surface area contributed by atoms with Gasteiger partial charge >= 0.3 is 6.03 Å². The Morgan fingerprint density at radius 3 is 2.42 bits per heavy atom. The number of carbonyl (C=O) groups is 2. The Labute approximate surface area is 249 Å². The second kappa shape index (κ2) is 12.3. The van der Waals surface area contributed by atoms with Crippen LogP contribution in [0.3, 0.4) is 0 Å². The van der Waals surface area contributed by atoms with Gasteiger partial charge in [0.15, 0.2) is 0 Å². The number of aromatic nitrogens is 4. The largest absolute Gasteiger partial charge is 0.457 e. The van der Waals surface area contributed by atoms with Gasteiger partial charge in [0.2, 0.25) is 0 Å². The molecule has 0 saturated heterocycles. The molecule has 3 amide bonds. The summed E-state index contributed by atoms with van der Waals surface area (Å²) in [7, 11) is 1.45. The number of methoxy groups -OCH3 is 1. The normalized spacial score (nSPS) is 11.3. The zero-order valence-electron chi connectivity index (χ0n) is 24.6. The van der Waals surface area contributed by atoms with E-state index in [1.54, 1.807) is 41.3 Å². The summed E-state index contributed by atoms with van der Waals surface area (Å²) in [5.74, 6) is 1.60. The molecule has 0 bridgehead atoms. The van der Waals surface area contributed by atoms with E-state index < -0.39 is 6.03 Å². The minimum Gasteiger partial charge on any atom is -0.457 e. The summed E-state index contributed by atoms with van der Waals surface area (Å²) in [4.78, 5) is 33.7. The molecule has 2 aromatic carbocycles. The van der Waals surface area contributed by atoms with Crippen LogP contribution in [0.5, 0.6) is 11.5 Å². The first-order valence-corrected chi connectivity index (χ1v) is 13.7. The molecule has 5 aromatic rings. The second-order valence-electron chi connectivity index (χ2n) is 10.9. The Bertz CT molecular complexity index is 1780. The van der Waals surface area contributed by atoms with Crippen LogP contribution in [-0.4, -0.2) is 45.4 Å². The summed E-state index contributed by atoms with van der Waals surface area (Å²) < 4.78 is 12.7. The van der Waals surface area contributed by atoms with Crippen LogP contribution in [0.2, 0.25) is 0 Å². The van der Waals surface area contributed by atoms with Crippen molar-refractivity contribution in [2.24, 2.45) is 0 Å².